The molecule has 6 heteroatoms. The van der Waals surface area contributed by atoms with E-state index in [2.05, 4.69) is 44.8 Å². The zero-order valence-electron chi connectivity index (χ0n) is 5.93. The number of thioether (sulfide) groups is 3. The van der Waals surface area contributed by atoms with Gasteiger partial charge in [0.1, 0.15) is 3.41 Å². The van der Waals surface area contributed by atoms with Gasteiger partial charge in [-0.1, -0.05) is 6.92 Å². The van der Waals surface area contributed by atoms with Gasteiger partial charge in [0.2, 0.25) is 0 Å². The van der Waals surface area contributed by atoms with Gasteiger partial charge < -0.3 is 0 Å². The number of hydrogen-bond acceptors (Lipinski definition) is 6. The Labute approximate surface area is 97.0 Å². The van der Waals surface area contributed by atoms with Gasteiger partial charge in [-0.3, -0.25) is 0 Å². The zero-order valence-corrected chi connectivity index (χ0v) is 11.1. The molecule has 0 amide bonds. The van der Waals surface area contributed by atoms with Crippen LogP contribution in [-0.2, 0) is 0 Å². The lowest BCUT2D eigenvalue weighted by Crippen LogP contribution is -2.20. The second-order valence-electron chi connectivity index (χ2n) is 2.05. The van der Waals surface area contributed by atoms with E-state index in [0.717, 1.165) is 6.42 Å². The van der Waals surface area contributed by atoms with Crippen molar-refractivity contribution in [3.8, 4) is 0 Å². The van der Waals surface area contributed by atoms with Gasteiger partial charge in [-0.2, -0.15) is 37.9 Å². The summed E-state index contributed by atoms with van der Waals surface area (Å²) >= 11 is 18.7. The summed E-state index contributed by atoms with van der Waals surface area (Å²) in [4.78, 5) is 0. The Morgan fingerprint density at radius 2 is 1.73 bits per heavy atom. The van der Waals surface area contributed by atoms with Crippen LogP contribution in [0.2, 0.25) is 0 Å². The first-order chi connectivity index (χ1) is 5.06. The fraction of sp³-hybridized carbons (Fsp3) is 1.00. The third kappa shape index (κ3) is 3.38. The zero-order chi connectivity index (χ0) is 8.48. The molecular formula is C5H10S6. The van der Waals surface area contributed by atoms with Gasteiger partial charge in [-0.15, -0.1) is 35.3 Å². The van der Waals surface area contributed by atoms with Crippen molar-refractivity contribution >= 4 is 73.2 Å². The molecule has 0 aliphatic carbocycles. The third-order valence-corrected chi connectivity index (χ3v) is 7.57. The van der Waals surface area contributed by atoms with E-state index < -0.39 is 0 Å². The molecule has 1 fully saturated rings. The van der Waals surface area contributed by atoms with Gasteiger partial charge in [0.05, 0.1) is 7.83 Å². The van der Waals surface area contributed by atoms with Crippen LogP contribution >= 0.6 is 73.2 Å². The van der Waals surface area contributed by atoms with E-state index in [1.807, 2.05) is 0 Å². The largest absolute Gasteiger partial charge is 0.154 e. The molecular weight excluding hydrogens is 252 g/mol. The Morgan fingerprint density at radius 1 is 1.27 bits per heavy atom. The second kappa shape index (κ2) is 4.55. The maximum Gasteiger partial charge on any atom is 0.107 e. The fourth-order valence-corrected chi connectivity index (χ4v) is 9.88. The summed E-state index contributed by atoms with van der Waals surface area (Å²) in [6.45, 7) is 2.14. The van der Waals surface area contributed by atoms with E-state index >= 15 is 0 Å². The molecule has 0 aromatic carbocycles. The maximum absolute atomic E-state index is 4.58. The normalized spacial score (nSPS) is 45.8. The average molecular weight is 263 g/mol. The lowest BCUT2D eigenvalue weighted by atomic mass is 10.6. The molecule has 1 rings (SSSR count). The van der Waals surface area contributed by atoms with Gasteiger partial charge in [-0.05, 0) is 6.42 Å². The summed E-state index contributed by atoms with van der Waals surface area (Å²) in [5.41, 5.74) is 0. The van der Waals surface area contributed by atoms with Crippen LogP contribution in [0.3, 0.4) is 0 Å². The molecule has 1 aliphatic rings. The van der Waals surface area contributed by atoms with Crippen LogP contribution in [0, 0.1) is 0 Å². The minimum Gasteiger partial charge on any atom is -0.154 e. The summed E-state index contributed by atoms with van der Waals surface area (Å²) in [5, 5.41) is 0. The Kier molecular flexibility index (Phi) is 4.62. The van der Waals surface area contributed by atoms with Crippen LogP contribution in [0.1, 0.15) is 13.3 Å². The highest BCUT2D eigenvalue weighted by Crippen LogP contribution is 2.59. The molecule has 0 aromatic rings. The number of thiol groups is 3. The van der Waals surface area contributed by atoms with Gasteiger partial charge in [-0.25, -0.2) is 0 Å². The quantitative estimate of drug-likeness (QED) is 0.618. The van der Waals surface area contributed by atoms with Crippen molar-refractivity contribution in [2.24, 2.45) is 0 Å². The summed E-state index contributed by atoms with van der Waals surface area (Å²) in [5.74, 6) is 0. The van der Waals surface area contributed by atoms with E-state index in [4.69, 9.17) is 0 Å². The minimum atomic E-state index is 0.0179. The highest BCUT2D eigenvalue weighted by Gasteiger charge is 2.36. The molecule has 66 valence electrons. The molecule has 0 nitrogen and oxygen atoms in total. The lowest BCUT2D eigenvalue weighted by Gasteiger charge is -2.36. The number of hydrogen-bond donors (Lipinski definition) is 3. The second-order valence-corrected chi connectivity index (χ2v) is 10.7. The Hall–Kier alpha value is 2.10. The van der Waals surface area contributed by atoms with Crippen molar-refractivity contribution in [1.29, 1.82) is 0 Å². The van der Waals surface area contributed by atoms with Crippen LogP contribution in [0.15, 0.2) is 0 Å². The molecule has 11 heavy (non-hydrogen) atoms. The van der Waals surface area contributed by atoms with E-state index in [9.17, 15) is 0 Å². The minimum absolute atomic E-state index is 0.0179. The van der Waals surface area contributed by atoms with Crippen LogP contribution in [0.25, 0.3) is 0 Å². The van der Waals surface area contributed by atoms with E-state index in [1.54, 1.807) is 35.3 Å². The Balaban J connectivity index is 2.55. The van der Waals surface area contributed by atoms with Gasteiger partial charge in [0.15, 0.2) is 0 Å². The topological polar surface area (TPSA) is 0 Å². The highest BCUT2D eigenvalue weighted by atomic mass is 32.3. The molecule has 2 unspecified atom stereocenters. The Bertz CT molecular complexity index is 127. The predicted octanol–water partition coefficient (Wildman–Crippen LogP) is 3.62. The fourth-order valence-electron chi connectivity index (χ4n) is 0.665. The summed E-state index contributed by atoms with van der Waals surface area (Å²) in [6.07, 6.45) is 1.04. The van der Waals surface area contributed by atoms with Gasteiger partial charge in [0.25, 0.3) is 0 Å². The molecule has 0 bridgehead atoms. The molecule has 0 saturated carbocycles. The average Bonchev–Trinajstić information content (AvgIpc) is 1.84. The smallest absolute Gasteiger partial charge is 0.107 e. The summed E-state index contributed by atoms with van der Waals surface area (Å²) in [6, 6.07) is 0. The highest BCUT2D eigenvalue weighted by molar-refractivity contribution is 8.48. The monoisotopic (exact) mass is 262 g/mol. The lowest BCUT2D eigenvalue weighted by molar-refractivity contribution is 1.01. The summed E-state index contributed by atoms with van der Waals surface area (Å²) in [7, 11) is 0. The molecule has 0 spiro atoms. The molecule has 1 heterocycles. The van der Waals surface area contributed by atoms with E-state index in [0.29, 0.717) is 7.83 Å². The van der Waals surface area contributed by atoms with Gasteiger partial charge in [0, 0.05) is 0 Å². The SMILES string of the molecule is CCC1(S)SC(S)SC(S)S1. The molecule has 2 atom stereocenters. The standard InChI is InChI=1S/C5H10S6/c1-2-5(8)10-3(6)9-4(7)11-5/h3-4,6-8H,2H2,1H3. The van der Waals surface area contributed by atoms with Crippen molar-refractivity contribution in [2.75, 3.05) is 0 Å². The van der Waals surface area contributed by atoms with Crippen molar-refractivity contribution in [2.45, 2.75) is 24.6 Å². The molecule has 1 saturated heterocycles. The van der Waals surface area contributed by atoms with Crippen molar-refractivity contribution in [3.05, 3.63) is 0 Å². The Morgan fingerprint density at radius 3 is 2.09 bits per heavy atom. The van der Waals surface area contributed by atoms with Crippen LogP contribution < -0.4 is 0 Å². The molecule has 0 N–H and O–H groups in total. The first-order valence-electron chi connectivity index (χ1n) is 3.15. The summed E-state index contributed by atoms with van der Waals surface area (Å²) < 4.78 is 0.650. The van der Waals surface area contributed by atoms with E-state index in [-0.39, 0.29) is 3.41 Å². The van der Waals surface area contributed by atoms with E-state index in [1.165, 1.54) is 0 Å². The maximum atomic E-state index is 4.58. The van der Waals surface area contributed by atoms with Crippen molar-refractivity contribution in [1.82, 2.24) is 0 Å². The van der Waals surface area contributed by atoms with Crippen LogP contribution in [0.4, 0.5) is 0 Å². The van der Waals surface area contributed by atoms with Crippen molar-refractivity contribution < 1.29 is 0 Å². The van der Waals surface area contributed by atoms with Gasteiger partial charge >= 0.3 is 0 Å². The first-order valence-corrected chi connectivity index (χ1v) is 7.33. The van der Waals surface area contributed by atoms with Crippen molar-refractivity contribution in [3.63, 3.8) is 0 Å². The first kappa shape index (κ1) is 11.2. The van der Waals surface area contributed by atoms with Crippen LogP contribution in [-0.4, -0.2) is 11.2 Å². The number of rotatable bonds is 1. The third-order valence-electron chi connectivity index (χ3n) is 1.25. The predicted molar refractivity (Wildman–Crippen MR) is 70.3 cm³/mol. The molecule has 0 aromatic heterocycles. The molecule has 1 aliphatic heterocycles. The molecule has 0 radical (unpaired) electrons. The van der Waals surface area contributed by atoms with Crippen LogP contribution in [0.5, 0.6) is 0 Å².